The maximum absolute atomic E-state index is 4.18. The van der Waals surface area contributed by atoms with Gasteiger partial charge in [-0.1, -0.05) is 32.9 Å². The average Bonchev–Trinajstić information content (AvgIpc) is 2.60. The predicted molar refractivity (Wildman–Crippen MR) is 66.2 cm³/mol. The van der Waals surface area contributed by atoms with Crippen LogP contribution >= 0.6 is 0 Å². The molecule has 0 saturated carbocycles. The fourth-order valence-electron chi connectivity index (χ4n) is 1.77. The monoisotopic (exact) mass is 224 g/mol. The highest BCUT2D eigenvalue weighted by Gasteiger charge is 2.29. The molecule has 0 bridgehead atoms. The largest absolute Gasteiger partial charge is 0.316 e. The Morgan fingerprint density at radius 1 is 1.50 bits per heavy atom. The lowest BCUT2D eigenvalue weighted by Gasteiger charge is -2.33. The van der Waals surface area contributed by atoms with Crippen molar-refractivity contribution in [2.45, 2.75) is 34.1 Å². The van der Waals surface area contributed by atoms with E-state index >= 15 is 0 Å². The molecule has 0 fully saturated rings. The average molecular weight is 224 g/mol. The van der Waals surface area contributed by atoms with Gasteiger partial charge in [0.15, 0.2) is 0 Å². The number of aryl methyl sites for hydroxylation is 1. The standard InChI is InChI=1S/C12H24N4/c1-6-13-9-12(4,10(2)3)7-11-8-16(5)15-14-11/h8,10,13H,6-7,9H2,1-5H3. The first-order chi connectivity index (χ1) is 7.48. The van der Waals surface area contributed by atoms with Crippen LogP contribution in [0.15, 0.2) is 6.20 Å². The van der Waals surface area contributed by atoms with E-state index in [1.54, 1.807) is 4.68 Å². The summed E-state index contributed by atoms with van der Waals surface area (Å²) in [5, 5.41) is 11.6. The van der Waals surface area contributed by atoms with E-state index in [-0.39, 0.29) is 5.41 Å². The predicted octanol–water partition coefficient (Wildman–Crippen LogP) is 1.63. The molecule has 0 saturated heterocycles. The molecule has 1 unspecified atom stereocenters. The van der Waals surface area contributed by atoms with Crippen molar-refractivity contribution >= 4 is 0 Å². The van der Waals surface area contributed by atoms with Crippen LogP contribution < -0.4 is 5.32 Å². The molecule has 0 aliphatic heterocycles. The molecule has 1 aromatic heterocycles. The summed E-state index contributed by atoms with van der Waals surface area (Å²) in [5.41, 5.74) is 1.32. The smallest absolute Gasteiger partial charge is 0.0833 e. The van der Waals surface area contributed by atoms with Crippen LogP contribution in [-0.4, -0.2) is 28.1 Å². The molecule has 0 aliphatic carbocycles. The first kappa shape index (κ1) is 13.2. The van der Waals surface area contributed by atoms with Gasteiger partial charge in [0, 0.05) is 19.8 Å². The summed E-state index contributed by atoms with van der Waals surface area (Å²) in [6, 6.07) is 0. The van der Waals surface area contributed by atoms with Crippen LogP contribution in [0.1, 0.15) is 33.4 Å². The lowest BCUT2D eigenvalue weighted by Crippen LogP contribution is -2.38. The van der Waals surface area contributed by atoms with E-state index in [1.807, 2.05) is 13.2 Å². The Labute approximate surface area is 98.4 Å². The van der Waals surface area contributed by atoms with Crippen molar-refractivity contribution in [3.8, 4) is 0 Å². The Kier molecular flexibility index (Phi) is 4.47. The highest BCUT2D eigenvalue weighted by Crippen LogP contribution is 2.29. The SMILES string of the molecule is CCNCC(C)(Cc1cn(C)nn1)C(C)C. The summed E-state index contributed by atoms with van der Waals surface area (Å²) in [5.74, 6) is 0.619. The first-order valence-electron chi connectivity index (χ1n) is 6.04. The second-order valence-corrected chi connectivity index (χ2v) is 5.15. The minimum Gasteiger partial charge on any atom is -0.316 e. The Bertz CT molecular complexity index is 319. The van der Waals surface area contributed by atoms with Gasteiger partial charge in [0.1, 0.15) is 0 Å². The molecule has 1 atom stereocenters. The molecule has 16 heavy (non-hydrogen) atoms. The van der Waals surface area contributed by atoms with E-state index in [1.165, 1.54) is 0 Å². The third-order valence-corrected chi connectivity index (χ3v) is 3.41. The molecule has 0 aromatic carbocycles. The summed E-state index contributed by atoms with van der Waals surface area (Å²) >= 11 is 0. The van der Waals surface area contributed by atoms with E-state index in [0.717, 1.165) is 25.2 Å². The van der Waals surface area contributed by atoms with Crippen molar-refractivity contribution in [1.29, 1.82) is 0 Å². The molecule has 1 aromatic rings. The third-order valence-electron chi connectivity index (χ3n) is 3.41. The second-order valence-electron chi connectivity index (χ2n) is 5.15. The molecule has 1 N–H and O–H groups in total. The molecule has 4 heteroatoms. The van der Waals surface area contributed by atoms with Gasteiger partial charge in [0.25, 0.3) is 0 Å². The lowest BCUT2D eigenvalue weighted by atomic mass is 9.75. The minimum absolute atomic E-state index is 0.242. The molecular weight excluding hydrogens is 200 g/mol. The number of aromatic nitrogens is 3. The van der Waals surface area contributed by atoms with Crippen LogP contribution in [0, 0.1) is 11.3 Å². The first-order valence-corrected chi connectivity index (χ1v) is 6.04. The van der Waals surface area contributed by atoms with Gasteiger partial charge in [0.05, 0.1) is 5.69 Å². The third kappa shape index (κ3) is 3.30. The van der Waals surface area contributed by atoms with Gasteiger partial charge in [-0.05, 0) is 24.3 Å². The molecule has 4 nitrogen and oxygen atoms in total. The van der Waals surface area contributed by atoms with E-state index in [0.29, 0.717) is 5.92 Å². The molecule has 0 aliphatic rings. The number of hydrogen-bond donors (Lipinski definition) is 1. The topological polar surface area (TPSA) is 42.7 Å². The van der Waals surface area contributed by atoms with Crippen molar-refractivity contribution < 1.29 is 0 Å². The molecule has 0 amide bonds. The molecule has 1 rings (SSSR count). The van der Waals surface area contributed by atoms with Crippen molar-refractivity contribution in [2.75, 3.05) is 13.1 Å². The zero-order valence-corrected chi connectivity index (χ0v) is 11.1. The zero-order chi connectivity index (χ0) is 12.2. The summed E-state index contributed by atoms with van der Waals surface area (Å²) in [7, 11) is 1.91. The van der Waals surface area contributed by atoms with Gasteiger partial charge in [-0.15, -0.1) is 5.10 Å². The summed E-state index contributed by atoms with van der Waals surface area (Å²) in [4.78, 5) is 0. The van der Waals surface area contributed by atoms with Crippen LogP contribution in [0.25, 0.3) is 0 Å². The highest BCUT2D eigenvalue weighted by molar-refractivity contribution is 4.99. The fourth-order valence-corrected chi connectivity index (χ4v) is 1.77. The lowest BCUT2D eigenvalue weighted by molar-refractivity contribution is 0.207. The summed E-state index contributed by atoms with van der Waals surface area (Å²) < 4.78 is 1.77. The van der Waals surface area contributed by atoms with Gasteiger partial charge in [-0.3, -0.25) is 4.68 Å². The van der Waals surface area contributed by atoms with Crippen molar-refractivity contribution in [1.82, 2.24) is 20.3 Å². The Balaban J connectivity index is 2.70. The van der Waals surface area contributed by atoms with Crippen LogP contribution in [0.4, 0.5) is 0 Å². The van der Waals surface area contributed by atoms with Crippen LogP contribution in [-0.2, 0) is 13.5 Å². The number of rotatable bonds is 6. The molecule has 92 valence electrons. The van der Waals surface area contributed by atoms with E-state index in [4.69, 9.17) is 0 Å². The maximum Gasteiger partial charge on any atom is 0.0833 e. The Morgan fingerprint density at radius 3 is 2.62 bits per heavy atom. The van der Waals surface area contributed by atoms with Gasteiger partial charge in [-0.2, -0.15) is 0 Å². The molecule has 0 spiro atoms. The minimum atomic E-state index is 0.242. The fraction of sp³-hybridized carbons (Fsp3) is 0.833. The van der Waals surface area contributed by atoms with E-state index < -0.39 is 0 Å². The van der Waals surface area contributed by atoms with Gasteiger partial charge < -0.3 is 5.32 Å². The Morgan fingerprint density at radius 2 is 2.19 bits per heavy atom. The Hall–Kier alpha value is -0.900. The second kappa shape index (κ2) is 5.43. The van der Waals surface area contributed by atoms with Crippen LogP contribution in [0.5, 0.6) is 0 Å². The zero-order valence-electron chi connectivity index (χ0n) is 11.1. The van der Waals surface area contributed by atoms with E-state index in [2.05, 4.69) is 43.3 Å². The van der Waals surface area contributed by atoms with Gasteiger partial charge in [-0.25, -0.2) is 0 Å². The summed E-state index contributed by atoms with van der Waals surface area (Å²) in [6.07, 6.45) is 2.98. The van der Waals surface area contributed by atoms with Crippen LogP contribution in [0.2, 0.25) is 0 Å². The molecule has 1 heterocycles. The number of hydrogen-bond acceptors (Lipinski definition) is 3. The van der Waals surface area contributed by atoms with Crippen LogP contribution in [0.3, 0.4) is 0 Å². The number of nitrogens with zero attached hydrogens (tertiary/aromatic N) is 3. The van der Waals surface area contributed by atoms with Crippen molar-refractivity contribution in [2.24, 2.45) is 18.4 Å². The van der Waals surface area contributed by atoms with E-state index in [9.17, 15) is 0 Å². The molecular formula is C12H24N4. The van der Waals surface area contributed by atoms with Crippen molar-refractivity contribution in [3.05, 3.63) is 11.9 Å². The normalized spacial score (nSPS) is 15.4. The van der Waals surface area contributed by atoms with Gasteiger partial charge in [0.2, 0.25) is 0 Å². The highest BCUT2D eigenvalue weighted by atomic mass is 15.4. The number of nitrogens with one attached hydrogen (secondary N) is 1. The van der Waals surface area contributed by atoms with Gasteiger partial charge >= 0.3 is 0 Å². The van der Waals surface area contributed by atoms with Crippen molar-refractivity contribution in [3.63, 3.8) is 0 Å². The molecule has 0 radical (unpaired) electrons. The maximum atomic E-state index is 4.18. The summed E-state index contributed by atoms with van der Waals surface area (Å²) in [6.45, 7) is 11.0. The quantitative estimate of drug-likeness (QED) is 0.798.